The van der Waals surface area contributed by atoms with Gasteiger partial charge >= 0.3 is 6.61 Å². The van der Waals surface area contributed by atoms with Crippen molar-refractivity contribution in [3.63, 3.8) is 0 Å². The monoisotopic (exact) mass is 313 g/mol. The molecule has 0 bridgehead atoms. The molecule has 0 radical (unpaired) electrons. The van der Waals surface area contributed by atoms with Crippen LogP contribution in [-0.2, 0) is 16.0 Å². The van der Waals surface area contributed by atoms with E-state index in [1.807, 2.05) is 12.1 Å². The number of ether oxygens (including phenoxy) is 3. The predicted molar refractivity (Wildman–Crippen MR) is 77.1 cm³/mol. The van der Waals surface area contributed by atoms with Crippen molar-refractivity contribution in [2.24, 2.45) is 0 Å². The highest BCUT2D eigenvalue weighted by Gasteiger charge is 2.38. The third kappa shape index (κ3) is 3.94. The van der Waals surface area contributed by atoms with Crippen LogP contribution in [0.2, 0.25) is 0 Å². The maximum absolute atomic E-state index is 12.1. The van der Waals surface area contributed by atoms with E-state index in [0.717, 1.165) is 57.9 Å². The average molecular weight is 313 g/mol. The molecule has 3 rings (SSSR count). The molecule has 0 amide bonds. The maximum Gasteiger partial charge on any atom is 0.387 e. The van der Waals surface area contributed by atoms with Gasteiger partial charge in [0.15, 0.2) is 0 Å². The zero-order chi connectivity index (χ0) is 15.4. The number of hydrogen-bond donors (Lipinski definition) is 0. The summed E-state index contributed by atoms with van der Waals surface area (Å²) in [6, 6.07) is 6.85. The highest BCUT2D eigenvalue weighted by molar-refractivity contribution is 5.27. The minimum atomic E-state index is -2.78. The van der Waals surface area contributed by atoms with Crippen molar-refractivity contribution in [1.82, 2.24) is 4.90 Å². The summed E-state index contributed by atoms with van der Waals surface area (Å²) in [6.07, 6.45) is 1.87. The van der Waals surface area contributed by atoms with Crippen LogP contribution in [0.15, 0.2) is 24.3 Å². The Balaban J connectivity index is 1.58. The zero-order valence-corrected chi connectivity index (χ0v) is 12.5. The molecule has 0 atom stereocenters. The van der Waals surface area contributed by atoms with E-state index in [2.05, 4.69) is 9.64 Å². The molecule has 0 unspecified atom stereocenters. The fourth-order valence-electron chi connectivity index (χ4n) is 3.14. The van der Waals surface area contributed by atoms with Gasteiger partial charge in [0.2, 0.25) is 0 Å². The molecule has 0 N–H and O–H groups in total. The largest absolute Gasteiger partial charge is 0.435 e. The molecule has 2 saturated heterocycles. The van der Waals surface area contributed by atoms with Crippen molar-refractivity contribution < 1.29 is 23.0 Å². The van der Waals surface area contributed by atoms with Crippen LogP contribution in [0.25, 0.3) is 0 Å². The lowest BCUT2D eigenvalue weighted by molar-refractivity contribution is -0.155. The van der Waals surface area contributed by atoms with Crippen LogP contribution in [0.1, 0.15) is 18.4 Å². The Kier molecular flexibility index (Phi) is 4.90. The molecule has 1 spiro atoms. The minimum Gasteiger partial charge on any atom is -0.435 e. The van der Waals surface area contributed by atoms with Gasteiger partial charge in [-0.3, -0.25) is 4.90 Å². The number of morpholine rings is 1. The summed E-state index contributed by atoms with van der Waals surface area (Å²) >= 11 is 0. The van der Waals surface area contributed by atoms with Crippen molar-refractivity contribution >= 4 is 0 Å². The van der Waals surface area contributed by atoms with Gasteiger partial charge in [-0.2, -0.15) is 8.78 Å². The summed E-state index contributed by atoms with van der Waals surface area (Å²) in [4.78, 5) is 2.36. The van der Waals surface area contributed by atoms with Gasteiger partial charge in [-0.05, 0) is 17.7 Å². The Labute approximate surface area is 129 Å². The van der Waals surface area contributed by atoms with Gasteiger partial charge in [-0.1, -0.05) is 12.1 Å². The first-order valence-corrected chi connectivity index (χ1v) is 7.63. The van der Waals surface area contributed by atoms with E-state index in [1.165, 1.54) is 0 Å². The first-order chi connectivity index (χ1) is 10.7. The Morgan fingerprint density at radius 2 is 1.86 bits per heavy atom. The van der Waals surface area contributed by atoms with Crippen molar-refractivity contribution in [1.29, 1.82) is 0 Å². The fourth-order valence-corrected chi connectivity index (χ4v) is 3.14. The SMILES string of the molecule is FC(F)Oc1ccc(CN2CCOC3(CCOCC3)C2)cc1. The van der Waals surface area contributed by atoms with Crippen molar-refractivity contribution in [3.8, 4) is 5.75 Å². The number of hydrogen-bond acceptors (Lipinski definition) is 4. The van der Waals surface area contributed by atoms with Crippen LogP contribution in [0.3, 0.4) is 0 Å². The molecule has 0 aromatic heterocycles. The van der Waals surface area contributed by atoms with Gasteiger partial charge in [-0.25, -0.2) is 0 Å². The molecule has 2 aliphatic heterocycles. The molecule has 0 saturated carbocycles. The molecule has 122 valence electrons. The van der Waals surface area contributed by atoms with Crippen molar-refractivity contribution in [3.05, 3.63) is 29.8 Å². The Morgan fingerprint density at radius 1 is 1.14 bits per heavy atom. The molecule has 4 nitrogen and oxygen atoms in total. The topological polar surface area (TPSA) is 30.9 Å². The summed E-state index contributed by atoms with van der Waals surface area (Å²) in [5.74, 6) is 0.196. The molecule has 2 aliphatic rings. The molecule has 1 aromatic rings. The molecular formula is C16H21F2NO3. The lowest BCUT2D eigenvalue weighted by Crippen LogP contribution is -2.54. The third-order valence-corrected chi connectivity index (χ3v) is 4.29. The summed E-state index contributed by atoms with van der Waals surface area (Å²) in [5, 5.41) is 0. The van der Waals surface area contributed by atoms with Crippen LogP contribution < -0.4 is 4.74 Å². The maximum atomic E-state index is 12.1. The molecule has 22 heavy (non-hydrogen) atoms. The summed E-state index contributed by atoms with van der Waals surface area (Å²) in [5.41, 5.74) is 1.01. The van der Waals surface area contributed by atoms with E-state index in [-0.39, 0.29) is 11.4 Å². The van der Waals surface area contributed by atoms with E-state index < -0.39 is 6.61 Å². The van der Waals surface area contributed by atoms with Gasteiger partial charge < -0.3 is 14.2 Å². The van der Waals surface area contributed by atoms with Gasteiger partial charge in [-0.15, -0.1) is 0 Å². The number of benzene rings is 1. The van der Waals surface area contributed by atoms with E-state index in [4.69, 9.17) is 9.47 Å². The first kappa shape index (κ1) is 15.6. The van der Waals surface area contributed by atoms with Gasteiger partial charge in [0.25, 0.3) is 0 Å². The lowest BCUT2D eigenvalue weighted by atomic mass is 9.92. The molecule has 2 fully saturated rings. The second-order valence-corrected chi connectivity index (χ2v) is 5.88. The Bertz CT molecular complexity index is 469. The molecular weight excluding hydrogens is 292 g/mol. The smallest absolute Gasteiger partial charge is 0.387 e. The Morgan fingerprint density at radius 3 is 2.55 bits per heavy atom. The number of halogens is 2. The van der Waals surface area contributed by atoms with Gasteiger partial charge in [0.1, 0.15) is 5.75 Å². The summed E-state index contributed by atoms with van der Waals surface area (Å²) < 4.78 is 40.1. The van der Waals surface area contributed by atoms with E-state index >= 15 is 0 Å². The third-order valence-electron chi connectivity index (χ3n) is 4.29. The van der Waals surface area contributed by atoms with E-state index in [0.29, 0.717) is 0 Å². The lowest BCUT2D eigenvalue weighted by Gasteiger charge is -2.44. The number of nitrogens with zero attached hydrogens (tertiary/aromatic N) is 1. The predicted octanol–water partition coefficient (Wildman–Crippen LogP) is 2.67. The average Bonchev–Trinajstić information content (AvgIpc) is 2.50. The number of alkyl halides is 2. The van der Waals surface area contributed by atoms with Crippen LogP contribution in [-0.4, -0.2) is 50.0 Å². The van der Waals surface area contributed by atoms with Crippen LogP contribution in [0.4, 0.5) is 8.78 Å². The molecule has 2 heterocycles. The highest BCUT2D eigenvalue weighted by atomic mass is 19.3. The highest BCUT2D eigenvalue weighted by Crippen LogP contribution is 2.29. The van der Waals surface area contributed by atoms with Crippen LogP contribution >= 0.6 is 0 Å². The normalized spacial score (nSPS) is 22.1. The second-order valence-electron chi connectivity index (χ2n) is 5.88. The molecule has 1 aromatic carbocycles. The summed E-state index contributed by atoms with van der Waals surface area (Å²) in [6.45, 7) is 2.04. The molecule has 0 aliphatic carbocycles. The van der Waals surface area contributed by atoms with Gasteiger partial charge in [0, 0.05) is 45.7 Å². The zero-order valence-electron chi connectivity index (χ0n) is 12.5. The quantitative estimate of drug-likeness (QED) is 0.855. The fraction of sp³-hybridized carbons (Fsp3) is 0.625. The first-order valence-electron chi connectivity index (χ1n) is 7.63. The molecule has 6 heteroatoms. The van der Waals surface area contributed by atoms with Crippen molar-refractivity contribution in [2.45, 2.75) is 31.6 Å². The Hall–Kier alpha value is -1.24. The van der Waals surface area contributed by atoms with E-state index in [1.54, 1.807) is 12.1 Å². The van der Waals surface area contributed by atoms with Gasteiger partial charge in [0.05, 0.1) is 12.2 Å². The standard InChI is InChI=1S/C16H21F2NO3/c17-15(18)22-14-3-1-13(2-4-14)11-19-7-10-21-16(12-19)5-8-20-9-6-16/h1-4,15H,5-12H2. The number of rotatable bonds is 4. The van der Waals surface area contributed by atoms with E-state index in [9.17, 15) is 8.78 Å². The van der Waals surface area contributed by atoms with Crippen molar-refractivity contribution in [2.75, 3.05) is 32.9 Å². The summed E-state index contributed by atoms with van der Waals surface area (Å²) in [7, 11) is 0. The minimum absolute atomic E-state index is 0.0742. The van der Waals surface area contributed by atoms with Crippen LogP contribution in [0.5, 0.6) is 5.75 Å². The van der Waals surface area contributed by atoms with Crippen LogP contribution in [0, 0.1) is 0 Å². The second kappa shape index (κ2) is 6.89.